The van der Waals surface area contributed by atoms with Crippen molar-refractivity contribution in [1.82, 2.24) is 9.78 Å². The minimum Gasteiger partial charge on any atom is -0.322 e. The van der Waals surface area contributed by atoms with Crippen LogP contribution in [0.15, 0.2) is 36.5 Å². The highest BCUT2D eigenvalue weighted by atomic mass is 19.4. The molecule has 1 aromatic carbocycles. The highest BCUT2D eigenvalue weighted by molar-refractivity contribution is 5.26. The summed E-state index contributed by atoms with van der Waals surface area (Å²) in [5.41, 5.74) is 6.80. The fraction of sp³-hybridized carbons (Fsp3) is 0.308. The van der Waals surface area contributed by atoms with Gasteiger partial charge in [0.2, 0.25) is 0 Å². The Bertz CT molecular complexity index is 543. The third kappa shape index (κ3) is 3.35. The lowest BCUT2D eigenvalue weighted by atomic mass is 10.0. The lowest BCUT2D eigenvalue weighted by Crippen LogP contribution is -2.14. The molecule has 1 unspecified atom stereocenters. The molecule has 3 nitrogen and oxygen atoms in total. The largest absolute Gasteiger partial charge is 0.416 e. The number of nitrogens with zero attached hydrogens (tertiary/aromatic N) is 2. The quantitative estimate of drug-likeness (QED) is 0.931. The van der Waals surface area contributed by atoms with Gasteiger partial charge in [-0.2, -0.15) is 18.3 Å². The van der Waals surface area contributed by atoms with E-state index in [0.717, 1.165) is 23.4 Å². The summed E-state index contributed by atoms with van der Waals surface area (Å²) in [4.78, 5) is 0. The van der Waals surface area contributed by atoms with Crippen molar-refractivity contribution in [2.24, 2.45) is 12.8 Å². The number of alkyl halides is 3. The molecule has 2 N–H and O–H groups in total. The average Bonchev–Trinajstić information content (AvgIpc) is 2.75. The van der Waals surface area contributed by atoms with Gasteiger partial charge in [0.05, 0.1) is 17.3 Å². The van der Waals surface area contributed by atoms with Gasteiger partial charge in [0.15, 0.2) is 0 Å². The Kier molecular flexibility index (Phi) is 3.61. The van der Waals surface area contributed by atoms with Crippen LogP contribution < -0.4 is 5.73 Å². The van der Waals surface area contributed by atoms with Crippen molar-refractivity contribution in [3.05, 3.63) is 53.3 Å². The van der Waals surface area contributed by atoms with Crippen molar-refractivity contribution < 1.29 is 13.2 Å². The lowest BCUT2D eigenvalue weighted by Gasteiger charge is -2.11. The summed E-state index contributed by atoms with van der Waals surface area (Å²) >= 11 is 0. The molecule has 0 aliphatic carbocycles. The lowest BCUT2D eigenvalue weighted by molar-refractivity contribution is -0.137. The molecule has 0 saturated heterocycles. The molecular formula is C13H14F3N3. The highest BCUT2D eigenvalue weighted by Crippen LogP contribution is 2.29. The molecule has 1 aromatic heterocycles. The van der Waals surface area contributed by atoms with Crippen molar-refractivity contribution in [3.63, 3.8) is 0 Å². The molecular weight excluding hydrogens is 255 g/mol. The van der Waals surface area contributed by atoms with Crippen LogP contribution in [-0.2, 0) is 19.6 Å². The molecule has 1 atom stereocenters. The maximum Gasteiger partial charge on any atom is 0.416 e. The van der Waals surface area contributed by atoms with Gasteiger partial charge in [0.1, 0.15) is 0 Å². The molecule has 102 valence electrons. The number of benzene rings is 1. The molecule has 6 heteroatoms. The maximum atomic E-state index is 12.4. The van der Waals surface area contributed by atoms with E-state index in [1.807, 2.05) is 0 Å². The molecule has 0 aliphatic heterocycles. The van der Waals surface area contributed by atoms with Crippen molar-refractivity contribution in [2.45, 2.75) is 18.6 Å². The monoisotopic (exact) mass is 269 g/mol. The van der Waals surface area contributed by atoms with Gasteiger partial charge < -0.3 is 5.73 Å². The van der Waals surface area contributed by atoms with E-state index in [1.165, 1.54) is 12.1 Å². The fourth-order valence-electron chi connectivity index (χ4n) is 1.82. The van der Waals surface area contributed by atoms with Gasteiger partial charge in [-0.1, -0.05) is 12.1 Å². The second kappa shape index (κ2) is 5.05. The van der Waals surface area contributed by atoms with Crippen LogP contribution in [0.4, 0.5) is 13.2 Å². The molecule has 0 bridgehead atoms. The van der Waals surface area contributed by atoms with Crippen molar-refractivity contribution in [2.75, 3.05) is 0 Å². The first kappa shape index (κ1) is 13.6. The normalized spacial score (nSPS) is 13.5. The SMILES string of the molecule is Cn1ccc(C(N)Cc2ccc(C(F)(F)F)cc2)n1. The number of aromatic nitrogens is 2. The molecule has 0 radical (unpaired) electrons. The summed E-state index contributed by atoms with van der Waals surface area (Å²) in [5, 5.41) is 4.18. The molecule has 0 aliphatic rings. The molecule has 0 fully saturated rings. The third-order valence-corrected chi connectivity index (χ3v) is 2.85. The van der Waals surface area contributed by atoms with Crippen LogP contribution in [0.3, 0.4) is 0 Å². The summed E-state index contributed by atoms with van der Waals surface area (Å²) in [6.07, 6.45) is -2.07. The van der Waals surface area contributed by atoms with Gasteiger partial charge in [0.25, 0.3) is 0 Å². The first-order valence-corrected chi connectivity index (χ1v) is 5.77. The maximum absolute atomic E-state index is 12.4. The van der Waals surface area contributed by atoms with Crippen molar-refractivity contribution in [3.8, 4) is 0 Å². The Morgan fingerprint density at radius 2 is 1.84 bits per heavy atom. The number of halogens is 3. The topological polar surface area (TPSA) is 43.8 Å². The zero-order chi connectivity index (χ0) is 14.0. The zero-order valence-corrected chi connectivity index (χ0v) is 10.4. The minimum absolute atomic E-state index is 0.321. The first-order chi connectivity index (χ1) is 8.86. The van der Waals surface area contributed by atoms with Gasteiger partial charge in [-0.25, -0.2) is 0 Å². The van der Waals surface area contributed by atoms with Crippen molar-refractivity contribution >= 4 is 0 Å². The standard InChI is InChI=1S/C13H14F3N3/c1-19-7-6-12(18-19)11(17)8-9-2-4-10(5-3-9)13(14,15)16/h2-7,11H,8,17H2,1H3. The van der Waals surface area contributed by atoms with Crippen LogP contribution in [-0.4, -0.2) is 9.78 Å². The molecule has 1 heterocycles. The summed E-state index contributed by atoms with van der Waals surface area (Å²) < 4.78 is 38.9. The highest BCUT2D eigenvalue weighted by Gasteiger charge is 2.29. The number of nitrogens with two attached hydrogens (primary N) is 1. The smallest absolute Gasteiger partial charge is 0.322 e. The van der Waals surface area contributed by atoms with Crippen LogP contribution in [0.5, 0.6) is 0 Å². The van der Waals surface area contributed by atoms with E-state index >= 15 is 0 Å². The first-order valence-electron chi connectivity index (χ1n) is 5.77. The Morgan fingerprint density at radius 1 is 1.21 bits per heavy atom. The predicted octanol–water partition coefficient (Wildman–Crippen LogP) is 2.68. The molecule has 19 heavy (non-hydrogen) atoms. The second-order valence-corrected chi connectivity index (χ2v) is 4.42. The van der Waals surface area contributed by atoms with Crippen LogP contribution in [0.1, 0.15) is 22.9 Å². The Morgan fingerprint density at radius 3 is 2.32 bits per heavy atom. The van der Waals surface area contributed by atoms with E-state index in [0.29, 0.717) is 6.42 Å². The molecule has 2 rings (SSSR count). The van der Waals surface area contributed by atoms with E-state index in [9.17, 15) is 13.2 Å². The van der Waals surface area contributed by atoms with E-state index in [-0.39, 0.29) is 6.04 Å². The summed E-state index contributed by atoms with van der Waals surface area (Å²) in [6, 6.07) is 6.52. The Balaban J connectivity index is 2.07. The van der Waals surface area contributed by atoms with E-state index < -0.39 is 11.7 Å². The number of hydrogen-bond acceptors (Lipinski definition) is 2. The summed E-state index contributed by atoms with van der Waals surface area (Å²) in [7, 11) is 1.79. The predicted molar refractivity (Wildman–Crippen MR) is 65.3 cm³/mol. The van der Waals surface area contributed by atoms with Gasteiger partial charge in [-0.3, -0.25) is 4.68 Å². The van der Waals surface area contributed by atoms with Crippen LogP contribution in [0.25, 0.3) is 0 Å². The van der Waals surface area contributed by atoms with Gasteiger partial charge in [0, 0.05) is 13.2 Å². The van der Waals surface area contributed by atoms with Gasteiger partial charge in [-0.15, -0.1) is 0 Å². The zero-order valence-electron chi connectivity index (χ0n) is 10.4. The summed E-state index contributed by atoms with van der Waals surface area (Å²) in [5.74, 6) is 0. The number of aryl methyl sites for hydroxylation is 1. The van der Waals surface area contributed by atoms with Crippen LogP contribution in [0.2, 0.25) is 0 Å². The Labute approximate surface area is 108 Å². The van der Waals surface area contributed by atoms with E-state index in [1.54, 1.807) is 24.0 Å². The number of hydrogen-bond donors (Lipinski definition) is 1. The van der Waals surface area contributed by atoms with Crippen LogP contribution in [0, 0.1) is 0 Å². The summed E-state index contributed by atoms with van der Waals surface area (Å²) in [6.45, 7) is 0. The van der Waals surface area contributed by atoms with Crippen LogP contribution >= 0.6 is 0 Å². The second-order valence-electron chi connectivity index (χ2n) is 4.42. The average molecular weight is 269 g/mol. The van der Waals surface area contributed by atoms with Gasteiger partial charge in [-0.05, 0) is 30.2 Å². The molecule has 0 saturated carbocycles. The molecule has 0 amide bonds. The molecule has 2 aromatic rings. The minimum atomic E-state index is -4.30. The third-order valence-electron chi connectivity index (χ3n) is 2.85. The fourth-order valence-corrected chi connectivity index (χ4v) is 1.82. The van der Waals surface area contributed by atoms with E-state index in [2.05, 4.69) is 5.10 Å². The number of rotatable bonds is 3. The van der Waals surface area contributed by atoms with Crippen molar-refractivity contribution in [1.29, 1.82) is 0 Å². The van der Waals surface area contributed by atoms with Gasteiger partial charge >= 0.3 is 6.18 Å². The van der Waals surface area contributed by atoms with E-state index in [4.69, 9.17) is 5.73 Å². The Hall–Kier alpha value is -1.82. The molecule has 0 spiro atoms.